The number of para-hydroxylation sites is 1. The molecular formula is C14H23NO2. The Morgan fingerprint density at radius 3 is 2.53 bits per heavy atom. The molecule has 0 aliphatic rings. The van der Waals surface area contributed by atoms with Crippen LogP contribution >= 0.6 is 0 Å². The number of benzene rings is 1. The van der Waals surface area contributed by atoms with Crippen molar-refractivity contribution in [3.05, 3.63) is 29.8 Å². The van der Waals surface area contributed by atoms with Crippen molar-refractivity contribution in [3.8, 4) is 5.75 Å². The maximum atomic E-state index is 10.9. The first kappa shape index (κ1) is 14.0. The van der Waals surface area contributed by atoms with E-state index in [1.807, 2.05) is 45.0 Å². The highest BCUT2D eigenvalue weighted by atomic mass is 16.5. The predicted molar refractivity (Wildman–Crippen MR) is 70.3 cm³/mol. The van der Waals surface area contributed by atoms with Gasteiger partial charge in [-0.25, -0.2) is 0 Å². The van der Waals surface area contributed by atoms with Gasteiger partial charge in [-0.1, -0.05) is 39.0 Å². The van der Waals surface area contributed by atoms with Crippen LogP contribution in [0.15, 0.2) is 24.3 Å². The number of hydrogen-bond acceptors (Lipinski definition) is 3. The van der Waals surface area contributed by atoms with Crippen LogP contribution in [0, 0.1) is 5.92 Å². The van der Waals surface area contributed by atoms with Gasteiger partial charge in [0.05, 0.1) is 7.11 Å². The molecule has 2 N–H and O–H groups in total. The van der Waals surface area contributed by atoms with Crippen LogP contribution in [0.3, 0.4) is 0 Å². The minimum absolute atomic E-state index is 0.109. The molecule has 0 aliphatic carbocycles. The fourth-order valence-electron chi connectivity index (χ4n) is 1.93. The molecule has 0 saturated heterocycles. The van der Waals surface area contributed by atoms with Crippen molar-refractivity contribution in [1.82, 2.24) is 5.32 Å². The Balaban J connectivity index is 3.12. The molecule has 0 saturated carbocycles. The Labute approximate surface area is 104 Å². The van der Waals surface area contributed by atoms with Crippen molar-refractivity contribution in [3.63, 3.8) is 0 Å². The summed E-state index contributed by atoms with van der Waals surface area (Å²) in [7, 11) is 1.63. The van der Waals surface area contributed by atoms with E-state index in [1.54, 1.807) is 7.11 Å². The number of ether oxygens (including phenoxy) is 1. The lowest BCUT2D eigenvalue weighted by atomic mass is 9.82. The van der Waals surface area contributed by atoms with Gasteiger partial charge in [-0.05, 0) is 18.5 Å². The van der Waals surface area contributed by atoms with Crippen LogP contribution in [0.1, 0.15) is 26.3 Å². The highest BCUT2D eigenvalue weighted by Gasteiger charge is 2.35. The van der Waals surface area contributed by atoms with Crippen LogP contribution in [-0.4, -0.2) is 25.3 Å². The molecule has 1 rings (SSSR count). The quantitative estimate of drug-likeness (QED) is 0.796. The highest BCUT2D eigenvalue weighted by molar-refractivity contribution is 5.38. The number of nitrogens with one attached hydrogen (secondary N) is 1. The molecule has 0 spiro atoms. The molecule has 0 aromatic heterocycles. The number of rotatable bonds is 6. The van der Waals surface area contributed by atoms with Crippen LogP contribution in [0.5, 0.6) is 5.75 Å². The SMILES string of the molecule is CCNCC(O)(c1ccccc1OC)C(C)C. The lowest BCUT2D eigenvalue weighted by Crippen LogP contribution is -2.42. The fraction of sp³-hybridized carbons (Fsp3) is 0.571. The lowest BCUT2D eigenvalue weighted by Gasteiger charge is -2.34. The predicted octanol–water partition coefficient (Wildman–Crippen LogP) is 2.15. The van der Waals surface area contributed by atoms with E-state index < -0.39 is 5.60 Å². The normalized spacial score (nSPS) is 14.7. The van der Waals surface area contributed by atoms with Gasteiger partial charge in [0.1, 0.15) is 11.4 Å². The monoisotopic (exact) mass is 237 g/mol. The van der Waals surface area contributed by atoms with Gasteiger partial charge in [0.2, 0.25) is 0 Å². The van der Waals surface area contributed by atoms with Crippen molar-refractivity contribution < 1.29 is 9.84 Å². The molecule has 0 bridgehead atoms. The second kappa shape index (κ2) is 6.03. The third-order valence-electron chi connectivity index (χ3n) is 3.17. The van der Waals surface area contributed by atoms with E-state index in [2.05, 4.69) is 5.32 Å². The molecule has 3 nitrogen and oxygen atoms in total. The van der Waals surface area contributed by atoms with Crippen LogP contribution in [-0.2, 0) is 5.60 Å². The van der Waals surface area contributed by atoms with Crippen molar-refractivity contribution in [1.29, 1.82) is 0 Å². The molecule has 0 heterocycles. The minimum atomic E-state index is -0.900. The van der Waals surface area contributed by atoms with Crippen molar-refractivity contribution >= 4 is 0 Å². The van der Waals surface area contributed by atoms with Gasteiger partial charge in [0.15, 0.2) is 0 Å². The fourth-order valence-corrected chi connectivity index (χ4v) is 1.93. The summed E-state index contributed by atoms with van der Waals surface area (Å²) in [5, 5.41) is 14.1. The summed E-state index contributed by atoms with van der Waals surface area (Å²) in [5.41, 5.74) is -0.0544. The maximum Gasteiger partial charge on any atom is 0.125 e. The summed E-state index contributed by atoms with van der Waals surface area (Å²) in [5.74, 6) is 0.847. The zero-order valence-electron chi connectivity index (χ0n) is 11.2. The number of aliphatic hydroxyl groups is 1. The maximum absolute atomic E-state index is 10.9. The number of hydrogen-bond donors (Lipinski definition) is 2. The average Bonchev–Trinajstić information content (AvgIpc) is 2.35. The van der Waals surface area contributed by atoms with Crippen LogP contribution in [0.2, 0.25) is 0 Å². The zero-order chi connectivity index (χ0) is 12.9. The van der Waals surface area contributed by atoms with E-state index in [0.717, 1.165) is 17.9 Å². The van der Waals surface area contributed by atoms with Gasteiger partial charge >= 0.3 is 0 Å². The lowest BCUT2D eigenvalue weighted by molar-refractivity contribution is -0.0107. The summed E-state index contributed by atoms with van der Waals surface area (Å²) in [6, 6.07) is 7.65. The van der Waals surface area contributed by atoms with Gasteiger partial charge in [0, 0.05) is 12.1 Å². The molecule has 17 heavy (non-hydrogen) atoms. The highest BCUT2D eigenvalue weighted by Crippen LogP contribution is 2.35. The Kier molecular flexibility index (Phi) is 4.97. The molecule has 3 heteroatoms. The molecular weight excluding hydrogens is 214 g/mol. The number of likely N-dealkylation sites (N-methyl/N-ethyl adjacent to an activating group) is 1. The van der Waals surface area contributed by atoms with Crippen molar-refractivity contribution in [2.24, 2.45) is 5.92 Å². The van der Waals surface area contributed by atoms with Gasteiger partial charge in [-0.2, -0.15) is 0 Å². The Morgan fingerprint density at radius 1 is 1.35 bits per heavy atom. The molecule has 1 aromatic rings. The molecule has 0 amide bonds. The molecule has 0 aliphatic heterocycles. The Morgan fingerprint density at radius 2 is 2.00 bits per heavy atom. The summed E-state index contributed by atoms with van der Waals surface area (Å²) >= 11 is 0. The van der Waals surface area contributed by atoms with E-state index in [0.29, 0.717) is 6.54 Å². The molecule has 1 unspecified atom stereocenters. The first-order chi connectivity index (χ1) is 8.06. The second-order valence-electron chi connectivity index (χ2n) is 4.56. The van der Waals surface area contributed by atoms with E-state index in [4.69, 9.17) is 4.74 Å². The van der Waals surface area contributed by atoms with Crippen LogP contribution in [0.25, 0.3) is 0 Å². The summed E-state index contributed by atoms with van der Waals surface area (Å²) < 4.78 is 5.33. The van der Waals surface area contributed by atoms with Gasteiger partial charge < -0.3 is 15.2 Å². The first-order valence-corrected chi connectivity index (χ1v) is 6.12. The topological polar surface area (TPSA) is 41.5 Å². The summed E-state index contributed by atoms with van der Waals surface area (Å²) in [6.07, 6.45) is 0. The van der Waals surface area contributed by atoms with Gasteiger partial charge in [-0.3, -0.25) is 0 Å². The smallest absolute Gasteiger partial charge is 0.125 e. The van der Waals surface area contributed by atoms with Crippen molar-refractivity contribution in [2.45, 2.75) is 26.4 Å². The minimum Gasteiger partial charge on any atom is -0.496 e. The Bertz CT molecular complexity index is 352. The molecule has 0 fully saturated rings. The van der Waals surface area contributed by atoms with Crippen LogP contribution in [0.4, 0.5) is 0 Å². The molecule has 1 aromatic carbocycles. The van der Waals surface area contributed by atoms with Crippen LogP contribution < -0.4 is 10.1 Å². The number of methoxy groups -OCH3 is 1. The van der Waals surface area contributed by atoms with E-state index >= 15 is 0 Å². The molecule has 0 radical (unpaired) electrons. The third kappa shape index (κ3) is 2.99. The zero-order valence-corrected chi connectivity index (χ0v) is 11.2. The van der Waals surface area contributed by atoms with E-state index in [-0.39, 0.29) is 5.92 Å². The largest absolute Gasteiger partial charge is 0.496 e. The summed E-state index contributed by atoms with van der Waals surface area (Å²) in [6.45, 7) is 7.43. The van der Waals surface area contributed by atoms with Gasteiger partial charge in [-0.15, -0.1) is 0 Å². The van der Waals surface area contributed by atoms with Gasteiger partial charge in [0.25, 0.3) is 0 Å². The molecule has 1 atom stereocenters. The first-order valence-electron chi connectivity index (χ1n) is 6.12. The molecule has 96 valence electrons. The summed E-state index contributed by atoms with van der Waals surface area (Å²) in [4.78, 5) is 0. The second-order valence-corrected chi connectivity index (χ2v) is 4.56. The average molecular weight is 237 g/mol. The standard InChI is InChI=1S/C14H23NO2/c1-5-15-10-14(16,11(2)3)12-8-6-7-9-13(12)17-4/h6-9,11,15-16H,5,10H2,1-4H3. The Hall–Kier alpha value is -1.06. The van der Waals surface area contributed by atoms with E-state index in [1.165, 1.54) is 0 Å². The van der Waals surface area contributed by atoms with E-state index in [9.17, 15) is 5.11 Å². The third-order valence-corrected chi connectivity index (χ3v) is 3.17. The van der Waals surface area contributed by atoms with Crippen molar-refractivity contribution in [2.75, 3.05) is 20.2 Å².